The fraction of sp³-hybridized carbons (Fsp3) is 0.667. The molecule has 2 heterocycles. The van der Waals surface area contributed by atoms with Crippen LogP contribution in [-0.4, -0.2) is 48.0 Å². The van der Waals surface area contributed by atoms with Gasteiger partial charge in [0, 0.05) is 43.8 Å². The van der Waals surface area contributed by atoms with Crippen LogP contribution < -0.4 is 5.73 Å². The molecule has 1 aliphatic rings. The molecule has 0 aliphatic carbocycles. The predicted molar refractivity (Wildman–Crippen MR) is 66.5 cm³/mol. The minimum absolute atomic E-state index is 0. The zero-order chi connectivity index (χ0) is 9.97. The average Bonchev–Trinajstić information content (AvgIpc) is 2.56. The van der Waals surface area contributed by atoms with Crippen LogP contribution >= 0.6 is 23.7 Å². The topological polar surface area (TPSA) is 45.4 Å². The Morgan fingerprint density at radius 1 is 1.40 bits per heavy atom. The average molecular weight is 249 g/mol. The number of rotatable bonds is 2. The molecule has 0 unspecified atom stereocenters. The molecule has 1 aromatic heterocycles. The van der Waals surface area contributed by atoms with Gasteiger partial charge in [-0.05, 0) is 7.05 Å². The number of hydrogen-bond donors (Lipinski definition) is 1. The summed E-state index contributed by atoms with van der Waals surface area (Å²) in [5.41, 5.74) is 5.59. The maximum Gasteiger partial charge on any atom is 0.180 e. The number of likely N-dealkylation sites (N-methyl/N-ethyl adjacent to an activating group) is 1. The molecule has 0 radical (unpaired) electrons. The molecule has 1 fully saturated rings. The fourth-order valence-corrected chi connectivity index (χ4v) is 2.35. The third-order valence-corrected chi connectivity index (χ3v) is 3.36. The lowest BCUT2D eigenvalue weighted by Crippen LogP contribution is -2.43. The number of hydrogen-bond acceptors (Lipinski definition) is 5. The summed E-state index contributed by atoms with van der Waals surface area (Å²) in [4.78, 5) is 10.1. The largest absolute Gasteiger partial charge is 0.375 e. The van der Waals surface area contributed by atoms with Gasteiger partial charge in [-0.15, -0.1) is 23.7 Å². The molecule has 0 spiro atoms. The van der Waals surface area contributed by atoms with Gasteiger partial charge in [-0.2, -0.15) is 0 Å². The van der Waals surface area contributed by atoms with Crippen molar-refractivity contribution in [3.8, 4) is 0 Å². The monoisotopic (exact) mass is 248 g/mol. The molecule has 4 nitrogen and oxygen atoms in total. The van der Waals surface area contributed by atoms with E-state index in [1.165, 1.54) is 4.88 Å². The van der Waals surface area contributed by atoms with Crippen LogP contribution in [0.1, 0.15) is 4.88 Å². The number of nitrogens with two attached hydrogens (primary N) is 1. The van der Waals surface area contributed by atoms with E-state index in [9.17, 15) is 0 Å². The smallest absolute Gasteiger partial charge is 0.180 e. The molecule has 2 rings (SSSR count). The number of aromatic nitrogens is 1. The zero-order valence-electron chi connectivity index (χ0n) is 8.85. The molecule has 6 heteroatoms. The quantitative estimate of drug-likeness (QED) is 0.845. The lowest BCUT2D eigenvalue weighted by molar-refractivity contribution is 0.149. The van der Waals surface area contributed by atoms with Crippen molar-refractivity contribution >= 4 is 28.9 Å². The van der Waals surface area contributed by atoms with Crippen molar-refractivity contribution in [2.24, 2.45) is 0 Å². The molecule has 2 N–H and O–H groups in total. The fourth-order valence-electron chi connectivity index (χ4n) is 1.62. The van der Waals surface area contributed by atoms with Gasteiger partial charge in [-0.3, -0.25) is 4.90 Å². The molecule has 0 bridgehead atoms. The molecular formula is C9H17ClN4S. The van der Waals surface area contributed by atoms with Crippen LogP contribution in [0.5, 0.6) is 0 Å². The highest BCUT2D eigenvalue weighted by Gasteiger charge is 2.14. The normalized spacial score (nSPS) is 18.7. The minimum atomic E-state index is 0. The lowest BCUT2D eigenvalue weighted by Gasteiger charge is -2.31. The van der Waals surface area contributed by atoms with Gasteiger partial charge >= 0.3 is 0 Å². The zero-order valence-corrected chi connectivity index (χ0v) is 10.5. The summed E-state index contributed by atoms with van der Waals surface area (Å²) in [5, 5.41) is 0.675. The Morgan fingerprint density at radius 2 is 2.07 bits per heavy atom. The summed E-state index contributed by atoms with van der Waals surface area (Å²) in [6.07, 6.45) is 1.89. The van der Waals surface area contributed by atoms with Gasteiger partial charge in [0.05, 0.1) is 0 Å². The van der Waals surface area contributed by atoms with E-state index in [1.54, 1.807) is 11.3 Å². The van der Waals surface area contributed by atoms with Crippen LogP contribution in [0.25, 0.3) is 0 Å². The Kier molecular flexibility index (Phi) is 4.79. The molecule has 1 saturated heterocycles. The first-order valence-electron chi connectivity index (χ1n) is 4.85. The van der Waals surface area contributed by atoms with Crippen molar-refractivity contribution < 1.29 is 0 Å². The van der Waals surface area contributed by atoms with Gasteiger partial charge in [-0.25, -0.2) is 4.98 Å². The van der Waals surface area contributed by atoms with Gasteiger partial charge in [0.25, 0.3) is 0 Å². The van der Waals surface area contributed by atoms with E-state index < -0.39 is 0 Å². The van der Waals surface area contributed by atoms with Crippen molar-refractivity contribution in [2.75, 3.05) is 39.0 Å². The second kappa shape index (κ2) is 5.65. The maximum absolute atomic E-state index is 5.59. The second-order valence-electron chi connectivity index (χ2n) is 3.74. The third kappa shape index (κ3) is 3.61. The second-order valence-corrected chi connectivity index (χ2v) is 4.89. The van der Waals surface area contributed by atoms with Crippen molar-refractivity contribution in [2.45, 2.75) is 6.54 Å². The molecule has 1 aromatic rings. The number of nitrogens with zero attached hydrogens (tertiary/aromatic N) is 3. The van der Waals surface area contributed by atoms with Crippen molar-refractivity contribution in [3.05, 3.63) is 11.1 Å². The van der Waals surface area contributed by atoms with Gasteiger partial charge < -0.3 is 10.6 Å². The molecule has 0 saturated carbocycles. The third-order valence-electron chi connectivity index (χ3n) is 2.55. The lowest BCUT2D eigenvalue weighted by atomic mass is 10.3. The van der Waals surface area contributed by atoms with E-state index in [4.69, 9.17) is 5.73 Å². The van der Waals surface area contributed by atoms with Crippen molar-refractivity contribution in [3.63, 3.8) is 0 Å². The molecule has 1 aliphatic heterocycles. The molecular weight excluding hydrogens is 232 g/mol. The van der Waals surface area contributed by atoms with E-state index in [1.807, 2.05) is 6.20 Å². The maximum atomic E-state index is 5.59. The summed E-state index contributed by atoms with van der Waals surface area (Å²) in [5.74, 6) is 0. The Hall–Kier alpha value is -0.360. The number of piperazine rings is 1. The standard InChI is InChI=1S/C9H16N4S.ClH/c1-12-2-4-13(5-3-12)7-8-6-11-9(10)14-8;/h6H,2-5,7H2,1H3,(H2,10,11);1H. The van der Waals surface area contributed by atoms with Crippen LogP contribution in [0.2, 0.25) is 0 Å². The van der Waals surface area contributed by atoms with Crippen LogP contribution in [0.4, 0.5) is 5.13 Å². The number of halogens is 1. The Morgan fingerprint density at radius 3 is 2.60 bits per heavy atom. The highest BCUT2D eigenvalue weighted by Crippen LogP contribution is 2.17. The van der Waals surface area contributed by atoms with E-state index in [-0.39, 0.29) is 12.4 Å². The number of anilines is 1. The van der Waals surface area contributed by atoms with E-state index in [0.29, 0.717) is 5.13 Å². The molecule has 0 aromatic carbocycles. The highest BCUT2D eigenvalue weighted by atomic mass is 35.5. The number of thiazole rings is 1. The first-order valence-corrected chi connectivity index (χ1v) is 5.67. The minimum Gasteiger partial charge on any atom is -0.375 e. The van der Waals surface area contributed by atoms with Gasteiger partial charge in [0.1, 0.15) is 0 Å². The molecule has 0 atom stereocenters. The summed E-state index contributed by atoms with van der Waals surface area (Å²) < 4.78 is 0. The van der Waals surface area contributed by atoms with Crippen LogP contribution in [0, 0.1) is 0 Å². The first-order chi connectivity index (χ1) is 6.74. The molecule has 15 heavy (non-hydrogen) atoms. The van der Waals surface area contributed by atoms with E-state index in [2.05, 4.69) is 21.8 Å². The molecule has 0 amide bonds. The summed E-state index contributed by atoms with van der Waals surface area (Å²) >= 11 is 1.59. The van der Waals surface area contributed by atoms with E-state index in [0.717, 1.165) is 32.7 Å². The van der Waals surface area contributed by atoms with Crippen molar-refractivity contribution in [1.82, 2.24) is 14.8 Å². The van der Waals surface area contributed by atoms with Crippen LogP contribution in [0.15, 0.2) is 6.20 Å². The van der Waals surface area contributed by atoms with Gasteiger partial charge in [0.15, 0.2) is 5.13 Å². The Labute approximate surface area is 100 Å². The SMILES string of the molecule is CN1CCN(Cc2cnc(N)s2)CC1.Cl. The first kappa shape index (κ1) is 12.7. The van der Waals surface area contributed by atoms with E-state index >= 15 is 0 Å². The Balaban J connectivity index is 0.00000112. The van der Waals surface area contributed by atoms with Crippen LogP contribution in [-0.2, 0) is 6.54 Å². The predicted octanol–water partition coefficient (Wildman–Crippen LogP) is 0.894. The summed E-state index contributed by atoms with van der Waals surface area (Å²) in [6, 6.07) is 0. The highest BCUT2D eigenvalue weighted by molar-refractivity contribution is 7.15. The van der Waals surface area contributed by atoms with Gasteiger partial charge in [-0.1, -0.05) is 0 Å². The number of nitrogen functional groups attached to an aromatic ring is 1. The molecule has 86 valence electrons. The summed E-state index contributed by atoms with van der Waals surface area (Å²) in [7, 11) is 2.17. The van der Waals surface area contributed by atoms with Crippen molar-refractivity contribution in [1.29, 1.82) is 0 Å². The summed E-state index contributed by atoms with van der Waals surface area (Å²) in [6.45, 7) is 5.62. The van der Waals surface area contributed by atoms with Crippen LogP contribution in [0.3, 0.4) is 0 Å². The van der Waals surface area contributed by atoms with Gasteiger partial charge in [0.2, 0.25) is 0 Å². The Bertz CT molecular complexity index is 296.